The Hall–Kier alpha value is -2.21. The zero-order valence-electron chi connectivity index (χ0n) is 12.1. The lowest BCUT2D eigenvalue weighted by atomic mass is 10.2. The summed E-state index contributed by atoms with van der Waals surface area (Å²) in [6, 6.07) is 4.01. The first-order valence-corrected chi connectivity index (χ1v) is 7.18. The number of hydrogen-bond acceptors (Lipinski definition) is 5. The first-order valence-electron chi connectivity index (χ1n) is 7.18. The number of imidazole rings is 1. The minimum absolute atomic E-state index is 0.221. The van der Waals surface area contributed by atoms with E-state index >= 15 is 0 Å². The summed E-state index contributed by atoms with van der Waals surface area (Å²) in [5.74, 6) is 6.01. The van der Waals surface area contributed by atoms with Gasteiger partial charge in [0.15, 0.2) is 0 Å². The monoisotopic (exact) mass is 284 g/mol. The molecule has 0 saturated heterocycles. The summed E-state index contributed by atoms with van der Waals surface area (Å²) in [4.78, 5) is 8.86. The van der Waals surface area contributed by atoms with Crippen molar-refractivity contribution in [1.29, 1.82) is 0 Å². The van der Waals surface area contributed by atoms with Gasteiger partial charge in [-0.05, 0) is 37.3 Å². The predicted molar refractivity (Wildman–Crippen MR) is 84.6 cm³/mol. The van der Waals surface area contributed by atoms with Crippen LogP contribution in [0.4, 0.5) is 0 Å². The van der Waals surface area contributed by atoms with Crippen molar-refractivity contribution >= 4 is 17.6 Å². The van der Waals surface area contributed by atoms with Crippen molar-refractivity contribution in [3.05, 3.63) is 35.8 Å². The van der Waals surface area contributed by atoms with Crippen LogP contribution in [0.25, 0.3) is 5.65 Å². The SMILES string of the molecule is CC(N)C(C=NCc1cn2cc(C3CC3)ccc2n1)=NN. The van der Waals surface area contributed by atoms with Crippen LogP contribution in [0.2, 0.25) is 0 Å². The van der Waals surface area contributed by atoms with Crippen molar-refractivity contribution in [2.75, 3.05) is 0 Å². The second kappa shape index (κ2) is 5.65. The molecule has 0 aromatic carbocycles. The van der Waals surface area contributed by atoms with Crippen LogP contribution >= 0.6 is 0 Å². The predicted octanol–water partition coefficient (Wildman–Crippen LogP) is 1.44. The van der Waals surface area contributed by atoms with Crippen molar-refractivity contribution in [3.63, 3.8) is 0 Å². The molecule has 2 aromatic rings. The van der Waals surface area contributed by atoms with Gasteiger partial charge in [-0.1, -0.05) is 6.07 Å². The van der Waals surface area contributed by atoms with Crippen molar-refractivity contribution in [2.45, 2.75) is 38.3 Å². The Labute approximate surface area is 123 Å². The second-order valence-corrected chi connectivity index (χ2v) is 5.55. The smallest absolute Gasteiger partial charge is 0.137 e. The number of aliphatic imine (C=N–C) groups is 1. The van der Waals surface area contributed by atoms with Gasteiger partial charge in [-0.3, -0.25) is 4.99 Å². The fourth-order valence-corrected chi connectivity index (χ4v) is 2.30. The van der Waals surface area contributed by atoms with Gasteiger partial charge in [0.1, 0.15) is 5.65 Å². The third-order valence-corrected chi connectivity index (χ3v) is 3.67. The average Bonchev–Trinajstić information content (AvgIpc) is 3.23. The van der Waals surface area contributed by atoms with Crippen molar-refractivity contribution in [3.8, 4) is 0 Å². The summed E-state index contributed by atoms with van der Waals surface area (Å²) >= 11 is 0. The third kappa shape index (κ3) is 3.11. The molecule has 6 heteroatoms. The Morgan fingerprint density at radius 3 is 2.95 bits per heavy atom. The summed E-state index contributed by atoms with van der Waals surface area (Å²) in [6.45, 7) is 2.31. The lowest BCUT2D eigenvalue weighted by molar-refractivity contribution is 0.967. The van der Waals surface area contributed by atoms with Crippen LogP contribution in [0.3, 0.4) is 0 Å². The van der Waals surface area contributed by atoms with Gasteiger partial charge in [0, 0.05) is 24.7 Å². The average molecular weight is 284 g/mol. The lowest BCUT2D eigenvalue weighted by Crippen LogP contribution is -2.29. The maximum atomic E-state index is 5.72. The molecule has 110 valence electrons. The highest BCUT2D eigenvalue weighted by Gasteiger charge is 2.23. The van der Waals surface area contributed by atoms with Crippen LogP contribution in [0, 0.1) is 0 Å². The molecule has 0 aliphatic heterocycles. The van der Waals surface area contributed by atoms with Crippen molar-refractivity contribution in [1.82, 2.24) is 9.38 Å². The fraction of sp³-hybridized carbons (Fsp3) is 0.400. The minimum atomic E-state index is -0.221. The molecule has 2 aromatic heterocycles. The normalized spacial score (nSPS) is 17.7. The van der Waals surface area contributed by atoms with Gasteiger partial charge in [0.2, 0.25) is 0 Å². The molecular formula is C15H20N6. The molecule has 4 N–H and O–H groups in total. The molecular weight excluding hydrogens is 264 g/mol. The number of nitrogens with two attached hydrogens (primary N) is 2. The van der Waals surface area contributed by atoms with E-state index in [1.165, 1.54) is 18.4 Å². The Kier molecular flexibility index (Phi) is 3.70. The number of hydrogen-bond donors (Lipinski definition) is 2. The van der Waals surface area contributed by atoms with Gasteiger partial charge in [0.05, 0.1) is 18.0 Å². The zero-order valence-corrected chi connectivity index (χ0v) is 12.1. The highest BCUT2D eigenvalue weighted by atomic mass is 15.1. The molecule has 6 nitrogen and oxygen atoms in total. The van der Waals surface area contributed by atoms with E-state index in [0.717, 1.165) is 17.3 Å². The molecule has 0 bridgehead atoms. The van der Waals surface area contributed by atoms with Crippen LogP contribution in [-0.2, 0) is 6.54 Å². The molecule has 1 fully saturated rings. The molecule has 1 unspecified atom stereocenters. The van der Waals surface area contributed by atoms with Gasteiger partial charge >= 0.3 is 0 Å². The minimum Gasteiger partial charge on any atom is -0.323 e. The maximum absolute atomic E-state index is 5.72. The molecule has 1 saturated carbocycles. The molecule has 21 heavy (non-hydrogen) atoms. The molecule has 1 aliphatic rings. The van der Waals surface area contributed by atoms with Crippen LogP contribution in [-0.4, -0.2) is 27.4 Å². The Morgan fingerprint density at radius 2 is 2.29 bits per heavy atom. The van der Waals surface area contributed by atoms with Crippen LogP contribution in [0.5, 0.6) is 0 Å². The third-order valence-electron chi connectivity index (χ3n) is 3.67. The Bertz CT molecular complexity index is 693. The molecule has 0 amide bonds. The van der Waals surface area contributed by atoms with E-state index < -0.39 is 0 Å². The van der Waals surface area contributed by atoms with Crippen LogP contribution in [0.1, 0.15) is 36.9 Å². The van der Waals surface area contributed by atoms with E-state index in [9.17, 15) is 0 Å². The number of pyridine rings is 1. The van der Waals surface area contributed by atoms with E-state index in [4.69, 9.17) is 11.6 Å². The highest BCUT2D eigenvalue weighted by Crippen LogP contribution is 2.39. The lowest BCUT2D eigenvalue weighted by Gasteiger charge is -2.01. The summed E-state index contributed by atoms with van der Waals surface area (Å²) in [7, 11) is 0. The van der Waals surface area contributed by atoms with Crippen molar-refractivity contribution in [2.24, 2.45) is 21.7 Å². The van der Waals surface area contributed by atoms with E-state index in [2.05, 4.69) is 37.8 Å². The number of aromatic nitrogens is 2. The topological polar surface area (TPSA) is 94.1 Å². The molecule has 0 radical (unpaired) electrons. The second-order valence-electron chi connectivity index (χ2n) is 5.55. The maximum Gasteiger partial charge on any atom is 0.137 e. The first kappa shape index (κ1) is 13.8. The number of fused-ring (bicyclic) bond motifs is 1. The summed E-state index contributed by atoms with van der Waals surface area (Å²) in [5.41, 5.74) is 9.55. The van der Waals surface area contributed by atoms with E-state index in [1.54, 1.807) is 6.21 Å². The summed E-state index contributed by atoms with van der Waals surface area (Å²) in [6.07, 6.45) is 8.40. The van der Waals surface area contributed by atoms with E-state index in [-0.39, 0.29) is 6.04 Å². The first-order chi connectivity index (χ1) is 10.2. The van der Waals surface area contributed by atoms with Gasteiger partial charge in [0.25, 0.3) is 0 Å². The fourth-order valence-electron chi connectivity index (χ4n) is 2.30. The van der Waals surface area contributed by atoms with E-state index in [0.29, 0.717) is 12.3 Å². The summed E-state index contributed by atoms with van der Waals surface area (Å²) < 4.78 is 2.07. The molecule has 3 rings (SSSR count). The number of nitrogens with zero attached hydrogens (tertiary/aromatic N) is 4. The highest BCUT2D eigenvalue weighted by molar-refractivity contribution is 6.32. The molecule has 1 aliphatic carbocycles. The standard InChI is InChI=1S/C15H20N6/c1-10(16)14(20-17)7-18-6-13-9-21-8-12(11-2-3-11)4-5-15(21)19-13/h4-5,7-11H,2-3,6,16-17H2,1H3. The molecule has 1 atom stereocenters. The van der Waals surface area contributed by atoms with Gasteiger partial charge < -0.3 is 16.0 Å². The van der Waals surface area contributed by atoms with Crippen molar-refractivity contribution < 1.29 is 0 Å². The van der Waals surface area contributed by atoms with Gasteiger partial charge in [-0.15, -0.1) is 0 Å². The largest absolute Gasteiger partial charge is 0.323 e. The Balaban J connectivity index is 1.74. The van der Waals surface area contributed by atoms with Gasteiger partial charge in [-0.2, -0.15) is 5.10 Å². The number of hydrazone groups is 1. The Morgan fingerprint density at radius 1 is 1.48 bits per heavy atom. The molecule has 0 spiro atoms. The van der Waals surface area contributed by atoms with E-state index in [1.807, 2.05) is 13.1 Å². The number of rotatable bonds is 5. The summed E-state index contributed by atoms with van der Waals surface area (Å²) in [5, 5.41) is 3.62. The van der Waals surface area contributed by atoms with Crippen LogP contribution < -0.4 is 11.6 Å². The molecule has 2 heterocycles. The quantitative estimate of drug-likeness (QED) is 0.494. The zero-order chi connectivity index (χ0) is 14.8. The van der Waals surface area contributed by atoms with Gasteiger partial charge in [-0.25, -0.2) is 4.98 Å². The van der Waals surface area contributed by atoms with Crippen LogP contribution in [0.15, 0.2) is 34.6 Å².